The number of carboxylic acid groups (broad SMARTS) is 1. The van der Waals surface area contributed by atoms with Crippen molar-refractivity contribution in [3.8, 4) is 11.6 Å². The Hall–Kier alpha value is -2.40. The zero-order valence-electron chi connectivity index (χ0n) is 11.4. The Morgan fingerprint density at radius 1 is 1.25 bits per heavy atom. The van der Waals surface area contributed by atoms with Crippen LogP contribution in [0.25, 0.3) is 0 Å². The molecule has 1 aromatic heterocycles. The Kier molecular flexibility index (Phi) is 4.32. The first kappa shape index (κ1) is 14.0. The Labute approximate surface area is 117 Å². The number of benzene rings is 1. The highest BCUT2D eigenvalue weighted by atomic mass is 16.5. The van der Waals surface area contributed by atoms with Gasteiger partial charge in [0, 0.05) is 18.3 Å². The summed E-state index contributed by atoms with van der Waals surface area (Å²) in [6.07, 6.45) is 1.67. The minimum Gasteiger partial charge on any atom is -0.478 e. The highest BCUT2D eigenvalue weighted by Gasteiger charge is 2.08. The first-order chi connectivity index (χ1) is 9.56. The van der Waals surface area contributed by atoms with E-state index in [1.807, 2.05) is 31.1 Å². The SMILES string of the molecule is CN(C)Cc1cccnc1Oc1ccc(C(=O)O)cc1. The van der Waals surface area contributed by atoms with Gasteiger partial charge in [-0.3, -0.25) is 0 Å². The number of hydrogen-bond donors (Lipinski definition) is 1. The van der Waals surface area contributed by atoms with Gasteiger partial charge in [0.15, 0.2) is 0 Å². The predicted molar refractivity (Wildman–Crippen MR) is 75.1 cm³/mol. The van der Waals surface area contributed by atoms with Gasteiger partial charge in [-0.1, -0.05) is 6.07 Å². The number of aromatic carboxylic acids is 1. The third-order valence-electron chi connectivity index (χ3n) is 2.65. The molecule has 104 valence electrons. The number of pyridine rings is 1. The largest absolute Gasteiger partial charge is 0.478 e. The maximum atomic E-state index is 10.8. The minimum atomic E-state index is -0.956. The molecule has 0 bridgehead atoms. The fourth-order valence-corrected chi connectivity index (χ4v) is 1.75. The van der Waals surface area contributed by atoms with Crippen molar-refractivity contribution in [2.45, 2.75) is 6.54 Å². The van der Waals surface area contributed by atoms with Gasteiger partial charge in [-0.2, -0.15) is 0 Å². The number of carbonyl (C=O) groups is 1. The monoisotopic (exact) mass is 272 g/mol. The molecule has 0 aliphatic carbocycles. The molecule has 5 nitrogen and oxygen atoms in total. The van der Waals surface area contributed by atoms with E-state index in [-0.39, 0.29) is 5.56 Å². The van der Waals surface area contributed by atoms with Gasteiger partial charge in [-0.15, -0.1) is 0 Å². The lowest BCUT2D eigenvalue weighted by atomic mass is 10.2. The summed E-state index contributed by atoms with van der Waals surface area (Å²) in [5.41, 5.74) is 1.20. The van der Waals surface area contributed by atoms with Gasteiger partial charge in [0.2, 0.25) is 5.88 Å². The molecule has 0 unspecified atom stereocenters. The van der Waals surface area contributed by atoms with Crippen molar-refractivity contribution >= 4 is 5.97 Å². The van der Waals surface area contributed by atoms with Crippen LogP contribution >= 0.6 is 0 Å². The molecular weight excluding hydrogens is 256 g/mol. The van der Waals surface area contributed by atoms with Crippen LogP contribution in [0.5, 0.6) is 11.6 Å². The third kappa shape index (κ3) is 3.55. The molecule has 1 heterocycles. The van der Waals surface area contributed by atoms with Crippen molar-refractivity contribution in [1.29, 1.82) is 0 Å². The smallest absolute Gasteiger partial charge is 0.335 e. The molecule has 20 heavy (non-hydrogen) atoms. The molecule has 2 aromatic rings. The normalized spacial score (nSPS) is 10.6. The molecule has 0 fully saturated rings. The molecule has 0 aliphatic rings. The van der Waals surface area contributed by atoms with Gasteiger partial charge in [0.05, 0.1) is 5.56 Å². The Morgan fingerprint density at radius 3 is 2.55 bits per heavy atom. The molecule has 0 radical (unpaired) electrons. The lowest BCUT2D eigenvalue weighted by Crippen LogP contribution is -2.11. The Bertz CT molecular complexity index is 594. The second kappa shape index (κ2) is 6.16. The lowest BCUT2D eigenvalue weighted by Gasteiger charge is -2.13. The summed E-state index contributed by atoms with van der Waals surface area (Å²) >= 11 is 0. The van der Waals surface area contributed by atoms with Crippen LogP contribution in [0.15, 0.2) is 42.6 Å². The van der Waals surface area contributed by atoms with Crippen molar-refractivity contribution in [2.75, 3.05) is 14.1 Å². The standard InChI is InChI=1S/C15H16N2O3/c1-17(2)10-12-4-3-9-16-14(12)20-13-7-5-11(6-8-13)15(18)19/h3-9H,10H2,1-2H3,(H,18,19). The van der Waals surface area contributed by atoms with E-state index in [2.05, 4.69) is 4.98 Å². The summed E-state index contributed by atoms with van der Waals surface area (Å²) in [6.45, 7) is 0.719. The molecule has 1 aromatic carbocycles. The van der Waals surface area contributed by atoms with E-state index in [1.54, 1.807) is 18.3 Å². The van der Waals surface area contributed by atoms with Crippen molar-refractivity contribution < 1.29 is 14.6 Å². The summed E-state index contributed by atoms with van der Waals surface area (Å²) in [5, 5.41) is 8.85. The highest BCUT2D eigenvalue weighted by molar-refractivity contribution is 5.87. The maximum Gasteiger partial charge on any atom is 0.335 e. The van der Waals surface area contributed by atoms with Gasteiger partial charge >= 0.3 is 5.97 Å². The molecule has 0 amide bonds. The molecule has 0 saturated heterocycles. The van der Waals surface area contributed by atoms with Crippen LogP contribution in [0.3, 0.4) is 0 Å². The quantitative estimate of drug-likeness (QED) is 0.906. The lowest BCUT2D eigenvalue weighted by molar-refractivity contribution is 0.0697. The zero-order chi connectivity index (χ0) is 14.5. The van der Waals surface area contributed by atoms with Crippen molar-refractivity contribution in [1.82, 2.24) is 9.88 Å². The number of nitrogens with zero attached hydrogens (tertiary/aromatic N) is 2. The molecular formula is C15H16N2O3. The molecule has 0 atom stereocenters. The minimum absolute atomic E-state index is 0.229. The maximum absolute atomic E-state index is 10.8. The van der Waals surface area contributed by atoms with E-state index in [4.69, 9.17) is 9.84 Å². The van der Waals surface area contributed by atoms with Crippen molar-refractivity contribution in [2.24, 2.45) is 0 Å². The first-order valence-electron chi connectivity index (χ1n) is 6.16. The fraction of sp³-hybridized carbons (Fsp3) is 0.200. The summed E-state index contributed by atoms with van der Waals surface area (Å²) in [6, 6.07) is 10.1. The average Bonchev–Trinajstić information content (AvgIpc) is 2.41. The summed E-state index contributed by atoms with van der Waals surface area (Å²) in [4.78, 5) is 17.0. The highest BCUT2D eigenvalue weighted by Crippen LogP contribution is 2.23. The summed E-state index contributed by atoms with van der Waals surface area (Å²) in [5.74, 6) is 0.140. The van der Waals surface area contributed by atoms with Crippen LogP contribution in [-0.2, 0) is 6.54 Å². The van der Waals surface area contributed by atoms with E-state index < -0.39 is 5.97 Å². The van der Waals surface area contributed by atoms with Crippen LogP contribution in [0.2, 0.25) is 0 Å². The molecule has 0 spiro atoms. The molecule has 0 saturated carbocycles. The van der Waals surface area contributed by atoms with Crippen LogP contribution in [0, 0.1) is 0 Å². The van der Waals surface area contributed by atoms with Crippen LogP contribution < -0.4 is 4.74 Å². The van der Waals surface area contributed by atoms with Crippen LogP contribution in [-0.4, -0.2) is 35.1 Å². The average molecular weight is 272 g/mol. The van der Waals surface area contributed by atoms with Gasteiger partial charge < -0.3 is 14.7 Å². The van der Waals surface area contributed by atoms with E-state index >= 15 is 0 Å². The number of carboxylic acids is 1. The predicted octanol–water partition coefficient (Wildman–Crippen LogP) is 2.63. The summed E-state index contributed by atoms with van der Waals surface area (Å²) in [7, 11) is 3.94. The first-order valence-corrected chi connectivity index (χ1v) is 6.16. The Morgan fingerprint density at radius 2 is 1.95 bits per heavy atom. The van der Waals surface area contributed by atoms with Gasteiger partial charge in [0.25, 0.3) is 0 Å². The summed E-state index contributed by atoms with van der Waals surface area (Å²) < 4.78 is 5.71. The number of aromatic nitrogens is 1. The van der Waals surface area contributed by atoms with Crippen LogP contribution in [0.4, 0.5) is 0 Å². The van der Waals surface area contributed by atoms with Gasteiger partial charge in [-0.05, 0) is 44.4 Å². The van der Waals surface area contributed by atoms with E-state index in [1.165, 1.54) is 12.1 Å². The second-order valence-electron chi connectivity index (χ2n) is 4.64. The fourth-order valence-electron chi connectivity index (χ4n) is 1.75. The van der Waals surface area contributed by atoms with Crippen LogP contribution in [0.1, 0.15) is 15.9 Å². The molecule has 5 heteroatoms. The number of rotatable bonds is 5. The molecule has 1 N–H and O–H groups in total. The van der Waals surface area contributed by atoms with Gasteiger partial charge in [-0.25, -0.2) is 9.78 Å². The zero-order valence-corrected chi connectivity index (χ0v) is 11.4. The van der Waals surface area contributed by atoms with E-state index in [0.717, 1.165) is 12.1 Å². The molecule has 0 aliphatic heterocycles. The number of hydrogen-bond acceptors (Lipinski definition) is 4. The second-order valence-corrected chi connectivity index (χ2v) is 4.64. The van der Waals surface area contributed by atoms with Gasteiger partial charge in [0.1, 0.15) is 5.75 Å². The molecule has 2 rings (SSSR count). The van der Waals surface area contributed by atoms with E-state index in [0.29, 0.717) is 11.6 Å². The number of ether oxygens (including phenoxy) is 1. The van der Waals surface area contributed by atoms with Crippen molar-refractivity contribution in [3.63, 3.8) is 0 Å². The topological polar surface area (TPSA) is 62.7 Å². The third-order valence-corrected chi connectivity index (χ3v) is 2.65. The Balaban J connectivity index is 2.19. The van der Waals surface area contributed by atoms with Crippen molar-refractivity contribution in [3.05, 3.63) is 53.7 Å². The van der Waals surface area contributed by atoms with E-state index in [9.17, 15) is 4.79 Å².